The number of amides is 4. The van der Waals surface area contributed by atoms with Gasteiger partial charge in [-0.1, -0.05) is 26.2 Å². The fourth-order valence-electron chi connectivity index (χ4n) is 4.02. The second-order valence-electron chi connectivity index (χ2n) is 7.92. The lowest BCUT2D eigenvalue weighted by molar-refractivity contribution is -0.134. The van der Waals surface area contributed by atoms with Crippen molar-refractivity contribution in [1.29, 1.82) is 0 Å². The standard InChI is InChI=1S/C22H26N4O4S/c1-2-12-30-16-8-6-15(7-9-16)17-14-31-20(23-17)24-18(27)13-26-19(28)22(25-21(26)29)10-4-3-5-11-22/h6-9,14H,2-5,10-13H2,1H3,(H,25,29)(H,23,24,27). The van der Waals surface area contributed by atoms with Crippen molar-refractivity contribution in [3.8, 4) is 17.0 Å². The first-order valence-corrected chi connectivity index (χ1v) is 11.5. The first kappa shape index (κ1) is 21.3. The number of rotatable bonds is 7. The Balaban J connectivity index is 1.36. The molecule has 1 saturated carbocycles. The maximum atomic E-state index is 12.8. The molecular weight excluding hydrogens is 416 g/mol. The number of thiazole rings is 1. The van der Waals surface area contributed by atoms with Crippen molar-refractivity contribution in [3.63, 3.8) is 0 Å². The smallest absolute Gasteiger partial charge is 0.325 e. The van der Waals surface area contributed by atoms with Gasteiger partial charge < -0.3 is 15.4 Å². The van der Waals surface area contributed by atoms with Crippen LogP contribution in [0.15, 0.2) is 29.6 Å². The average molecular weight is 443 g/mol. The summed E-state index contributed by atoms with van der Waals surface area (Å²) in [6, 6.07) is 7.13. The Bertz CT molecular complexity index is 966. The first-order chi connectivity index (χ1) is 15.0. The normalized spacial score (nSPS) is 17.6. The van der Waals surface area contributed by atoms with E-state index in [2.05, 4.69) is 22.5 Å². The second-order valence-corrected chi connectivity index (χ2v) is 8.78. The van der Waals surface area contributed by atoms with Gasteiger partial charge in [-0.3, -0.25) is 14.5 Å². The highest BCUT2D eigenvalue weighted by Gasteiger charge is 2.51. The van der Waals surface area contributed by atoms with Crippen LogP contribution in [0.3, 0.4) is 0 Å². The minimum absolute atomic E-state index is 0.294. The van der Waals surface area contributed by atoms with E-state index in [0.29, 0.717) is 24.6 Å². The van der Waals surface area contributed by atoms with Crippen molar-refractivity contribution >= 4 is 34.3 Å². The highest BCUT2D eigenvalue weighted by atomic mass is 32.1. The van der Waals surface area contributed by atoms with Gasteiger partial charge in [0.05, 0.1) is 12.3 Å². The van der Waals surface area contributed by atoms with Crippen LogP contribution in [-0.4, -0.2) is 46.4 Å². The number of hydrogen-bond acceptors (Lipinski definition) is 6. The molecule has 1 aromatic carbocycles. The number of urea groups is 1. The van der Waals surface area contributed by atoms with Crippen LogP contribution in [0, 0.1) is 0 Å². The summed E-state index contributed by atoms with van der Waals surface area (Å²) in [5, 5.41) is 7.79. The van der Waals surface area contributed by atoms with Crippen LogP contribution in [0.2, 0.25) is 0 Å². The molecule has 2 heterocycles. The summed E-state index contributed by atoms with van der Waals surface area (Å²) in [5.41, 5.74) is 0.823. The van der Waals surface area contributed by atoms with Crippen LogP contribution in [0.1, 0.15) is 45.4 Å². The van der Waals surface area contributed by atoms with Gasteiger partial charge in [0.15, 0.2) is 5.13 Å². The molecule has 2 aliphatic rings. The Labute approximate surface area is 185 Å². The van der Waals surface area contributed by atoms with Gasteiger partial charge in [0.1, 0.15) is 17.8 Å². The summed E-state index contributed by atoms with van der Waals surface area (Å²) in [6.45, 7) is 2.41. The van der Waals surface area contributed by atoms with Crippen molar-refractivity contribution in [2.24, 2.45) is 0 Å². The number of anilines is 1. The minimum atomic E-state index is -0.822. The third-order valence-corrected chi connectivity index (χ3v) is 6.39. The van der Waals surface area contributed by atoms with E-state index in [4.69, 9.17) is 4.74 Å². The summed E-state index contributed by atoms with van der Waals surface area (Å²) >= 11 is 1.29. The zero-order chi connectivity index (χ0) is 21.8. The Morgan fingerprint density at radius 1 is 1.23 bits per heavy atom. The lowest BCUT2D eigenvalue weighted by Gasteiger charge is -2.30. The number of nitrogens with zero attached hydrogens (tertiary/aromatic N) is 2. The fraction of sp³-hybridized carbons (Fsp3) is 0.455. The molecule has 0 unspecified atom stereocenters. The molecule has 164 valence electrons. The lowest BCUT2D eigenvalue weighted by atomic mass is 9.82. The number of carbonyl (C=O) groups excluding carboxylic acids is 3. The molecular formula is C22H26N4O4S. The van der Waals surface area contributed by atoms with E-state index in [0.717, 1.165) is 47.6 Å². The highest BCUT2D eigenvalue weighted by molar-refractivity contribution is 7.14. The molecule has 1 saturated heterocycles. The summed E-state index contributed by atoms with van der Waals surface area (Å²) in [6.07, 6.45) is 5.08. The molecule has 2 aromatic rings. The van der Waals surface area contributed by atoms with Crippen LogP contribution in [0.5, 0.6) is 5.75 Å². The third-order valence-electron chi connectivity index (χ3n) is 5.63. The molecule has 1 spiro atoms. The SMILES string of the molecule is CCCOc1ccc(-c2csc(NC(=O)CN3C(=O)NC4(CCCCC4)C3=O)n2)cc1. The van der Waals surface area contributed by atoms with Crippen molar-refractivity contribution in [3.05, 3.63) is 29.6 Å². The Morgan fingerprint density at radius 3 is 2.68 bits per heavy atom. The zero-order valence-corrected chi connectivity index (χ0v) is 18.3. The average Bonchev–Trinajstić information content (AvgIpc) is 3.32. The van der Waals surface area contributed by atoms with Gasteiger partial charge >= 0.3 is 6.03 Å². The maximum Gasteiger partial charge on any atom is 0.325 e. The minimum Gasteiger partial charge on any atom is -0.494 e. The van der Waals surface area contributed by atoms with Crippen LogP contribution in [0.4, 0.5) is 9.93 Å². The maximum absolute atomic E-state index is 12.8. The van der Waals surface area contributed by atoms with Crippen molar-refractivity contribution in [1.82, 2.24) is 15.2 Å². The van der Waals surface area contributed by atoms with E-state index < -0.39 is 17.5 Å². The topological polar surface area (TPSA) is 101 Å². The molecule has 0 atom stereocenters. The number of nitrogens with one attached hydrogen (secondary N) is 2. The molecule has 1 aliphatic carbocycles. The molecule has 4 amide bonds. The van der Waals surface area contributed by atoms with E-state index in [1.54, 1.807) is 0 Å². The number of ether oxygens (including phenoxy) is 1. The first-order valence-electron chi connectivity index (χ1n) is 10.6. The molecule has 0 radical (unpaired) electrons. The number of hydrogen-bond donors (Lipinski definition) is 2. The number of carbonyl (C=O) groups is 3. The molecule has 2 N–H and O–H groups in total. The van der Waals surface area contributed by atoms with Gasteiger partial charge in [-0.05, 0) is 43.5 Å². The highest BCUT2D eigenvalue weighted by Crippen LogP contribution is 2.33. The largest absolute Gasteiger partial charge is 0.494 e. The summed E-state index contributed by atoms with van der Waals surface area (Å²) in [7, 11) is 0. The Hall–Kier alpha value is -2.94. The van der Waals surface area contributed by atoms with Gasteiger partial charge in [0.25, 0.3) is 5.91 Å². The van der Waals surface area contributed by atoms with Crippen molar-refractivity contribution in [2.75, 3.05) is 18.5 Å². The van der Waals surface area contributed by atoms with E-state index in [1.807, 2.05) is 29.6 Å². The van der Waals surface area contributed by atoms with Crippen molar-refractivity contribution in [2.45, 2.75) is 51.0 Å². The van der Waals surface area contributed by atoms with Gasteiger partial charge in [0, 0.05) is 10.9 Å². The predicted molar refractivity (Wildman–Crippen MR) is 118 cm³/mol. The molecule has 31 heavy (non-hydrogen) atoms. The molecule has 1 aromatic heterocycles. The third kappa shape index (κ3) is 4.56. The lowest BCUT2D eigenvalue weighted by Crippen LogP contribution is -2.48. The second kappa shape index (κ2) is 9.05. The van der Waals surface area contributed by atoms with Gasteiger partial charge in [0.2, 0.25) is 5.91 Å². The molecule has 0 bridgehead atoms. The fourth-order valence-corrected chi connectivity index (χ4v) is 4.76. The molecule has 8 nitrogen and oxygen atoms in total. The number of imide groups is 1. The van der Waals surface area contributed by atoms with Crippen molar-refractivity contribution < 1.29 is 19.1 Å². The Morgan fingerprint density at radius 2 is 1.97 bits per heavy atom. The molecule has 2 fully saturated rings. The monoisotopic (exact) mass is 442 g/mol. The Kier molecular flexibility index (Phi) is 6.22. The summed E-state index contributed by atoms with van der Waals surface area (Å²) in [5.74, 6) is 0.0665. The quantitative estimate of drug-likeness (QED) is 0.636. The van der Waals surface area contributed by atoms with E-state index in [-0.39, 0.29) is 12.5 Å². The van der Waals surface area contributed by atoms with Crippen LogP contribution in [0.25, 0.3) is 11.3 Å². The van der Waals surface area contributed by atoms with Crippen LogP contribution >= 0.6 is 11.3 Å². The van der Waals surface area contributed by atoms with Crippen LogP contribution in [-0.2, 0) is 9.59 Å². The number of aromatic nitrogens is 1. The zero-order valence-electron chi connectivity index (χ0n) is 17.5. The molecule has 1 aliphatic heterocycles. The number of benzene rings is 1. The van der Waals surface area contributed by atoms with Crippen LogP contribution < -0.4 is 15.4 Å². The molecule has 9 heteroatoms. The van der Waals surface area contributed by atoms with Gasteiger partial charge in [-0.25, -0.2) is 9.78 Å². The molecule has 4 rings (SSSR count). The van der Waals surface area contributed by atoms with E-state index >= 15 is 0 Å². The van der Waals surface area contributed by atoms with E-state index in [1.165, 1.54) is 11.3 Å². The van der Waals surface area contributed by atoms with Gasteiger partial charge in [-0.15, -0.1) is 11.3 Å². The summed E-state index contributed by atoms with van der Waals surface area (Å²) < 4.78 is 5.59. The predicted octanol–water partition coefficient (Wildman–Crippen LogP) is 3.79. The van der Waals surface area contributed by atoms with E-state index in [9.17, 15) is 14.4 Å². The van der Waals surface area contributed by atoms with Gasteiger partial charge in [-0.2, -0.15) is 0 Å². The summed E-state index contributed by atoms with van der Waals surface area (Å²) in [4.78, 5) is 43.1.